The molecule has 2 unspecified atom stereocenters. The van der Waals surface area contributed by atoms with E-state index in [2.05, 4.69) is 17.4 Å². The van der Waals surface area contributed by atoms with Crippen LogP contribution < -0.4 is 5.32 Å². The smallest absolute Gasteiger partial charge is 0.244 e. The van der Waals surface area contributed by atoms with Crippen molar-refractivity contribution in [1.29, 1.82) is 0 Å². The average molecular weight is 370 g/mol. The van der Waals surface area contributed by atoms with Crippen LogP contribution in [-0.2, 0) is 16.4 Å². The third-order valence-electron chi connectivity index (χ3n) is 5.33. The topological polar surface area (TPSA) is 66.5 Å². The number of rotatable bonds is 3. The van der Waals surface area contributed by atoms with Gasteiger partial charge in [0, 0.05) is 18.2 Å². The number of Topliss-reactive ketones (excluding diaryl/α,β-unsaturated/α-hetero) is 1. The molecule has 26 heavy (non-hydrogen) atoms. The summed E-state index contributed by atoms with van der Waals surface area (Å²) in [6, 6.07) is 14.9. The van der Waals surface area contributed by atoms with Crippen LogP contribution in [0.15, 0.2) is 53.4 Å². The number of nitrogens with one attached hydrogen (secondary N) is 1. The summed E-state index contributed by atoms with van der Waals surface area (Å²) in [5, 5.41) is 3.52. The lowest BCUT2D eigenvalue weighted by Gasteiger charge is -2.35. The minimum atomic E-state index is -3.64. The lowest BCUT2D eigenvalue weighted by Crippen LogP contribution is -2.45. The number of ketones is 1. The van der Waals surface area contributed by atoms with Gasteiger partial charge in [-0.05, 0) is 42.1 Å². The summed E-state index contributed by atoms with van der Waals surface area (Å²) in [5.41, 5.74) is 2.84. The second-order valence-electron chi connectivity index (χ2n) is 7.07. The molecule has 0 bridgehead atoms. The van der Waals surface area contributed by atoms with E-state index in [0.29, 0.717) is 12.1 Å². The standard InChI is InChI=1S/C20H22N2O3S/c1-14(20-16-7-3-2-6-15(16)10-11-21-20)12-22-13-18(23)17-8-4-5-9-19(17)26(22,24)25/h2-9,14,20-21H,10-13H2,1H3. The summed E-state index contributed by atoms with van der Waals surface area (Å²) in [4.78, 5) is 12.5. The Morgan fingerprint density at radius 3 is 2.73 bits per heavy atom. The lowest BCUT2D eigenvalue weighted by molar-refractivity contribution is 0.0948. The SMILES string of the molecule is CC(CN1CC(=O)c2ccccc2S1(=O)=O)C1NCCc2ccccc21. The molecule has 2 aromatic rings. The second-order valence-corrected chi connectivity index (χ2v) is 8.98. The highest BCUT2D eigenvalue weighted by atomic mass is 32.2. The van der Waals surface area contributed by atoms with E-state index in [1.165, 1.54) is 21.5 Å². The maximum Gasteiger partial charge on any atom is 0.244 e. The molecule has 2 atom stereocenters. The van der Waals surface area contributed by atoms with Gasteiger partial charge in [0.05, 0.1) is 11.4 Å². The number of carbonyl (C=O) groups is 1. The van der Waals surface area contributed by atoms with Crippen molar-refractivity contribution in [2.24, 2.45) is 5.92 Å². The number of nitrogens with zero attached hydrogens (tertiary/aromatic N) is 1. The van der Waals surface area contributed by atoms with Crippen molar-refractivity contribution < 1.29 is 13.2 Å². The van der Waals surface area contributed by atoms with Gasteiger partial charge < -0.3 is 5.32 Å². The largest absolute Gasteiger partial charge is 0.309 e. The molecule has 2 aromatic carbocycles. The zero-order chi connectivity index (χ0) is 18.3. The van der Waals surface area contributed by atoms with Gasteiger partial charge in [-0.1, -0.05) is 43.3 Å². The normalized spacial score (nSPS) is 23.1. The van der Waals surface area contributed by atoms with Crippen molar-refractivity contribution in [3.05, 3.63) is 65.2 Å². The molecular formula is C20H22N2O3S. The molecule has 0 spiro atoms. The molecule has 0 saturated carbocycles. The summed E-state index contributed by atoms with van der Waals surface area (Å²) < 4.78 is 27.3. The molecule has 136 valence electrons. The van der Waals surface area contributed by atoms with Gasteiger partial charge in [0.25, 0.3) is 0 Å². The molecule has 0 amide bonds. The molecular weight excluding hydrogens is 348 g/mol. The summed E-state index contributed by atoms with van der Waals surface area (Å²) >= 11 is 0. The Labute approximate surface area is 154 Å². The number of fused-ring (bicyclic) bond motifs is 2. The van der Waals surface area contributed by atoms with Crippen LogP contribution in [0.25, 0.3) is 0 Å². The summed E-state index contributed by atoms with van der Waals surface area (Å²) in [5.74, 6) is -0.0936. The highest BCUT2D eigenvalue weighted by Crippen LogP contribution is 2.32. The van der Waals surface area contributed by atoms with Crippen LogP contribution >= 0.6 is 0 Å². The molecule has 4 rings (SSSR count). The van der Waals surface area contributed by atoms with Crippen molar-refractivity contribution in [1.82, 2.24) is 9.62 Å². The Bertz CT molecular complexity index is 955. The molecule has 2 aliphatic rings. The average Bonchev–Trinajstić information content (AvgIpc) is 2.66. The Morgan fingerprint density at radius 2 is 1.88 bits per heavy atom. The van der Waals surface area contributed by atoms with E-state index in [-0.39, 0.29) is 29.2 Å². The van der Waals surface area contributed by atoms with Crippen LogP contribution in [0.4, 0.5) is 0 Å². The molecule has 5 nitrogen and oxygen atoms in total. The van der Waals surface area contributed by atoms with Gasteiger partial charge in [-0.15, -0.1) is 0 Å². The Balaban J connectivity index is 1.61. The number of carbonyl (C=O) groups excluding carboxylic acids is 1. The fourth-order valence-electron chi connectivity index (χ4n) is 4.03. The van der Waals surface area contributed by atoms with Gasteiger partial charge in [0.15, 0.2) is 5.78 Å². The number of sulfonamides is 1. The third kappa shape index (κ3) is 2.88. The molecule has 6 heteroatoms. The predicted molar refractivity (Wildman–Crippen MR) is 99.6 cm³/mol. The number of hydrogen-bond acceptors (Lipinski definition) is 4. The van der Waals surface area contributed by atoms with Gasteiger partial charge in [-0.25, -0.2) is 8.42 Å². The number of hydrogen-bond donors (Lipinski definition) is 1. The van der Waals surface area contributed by atoms with E-state index in [9.17, 15) is 13.2 Å². The van der Waals surface area contributed by atoms with Crippen LogP contribution in [0.5, 0.6) is 0 Å². The van der Waals surface area contributed by atoms with E-state index in [4.69, 9.17) is 0 Å². The highest BCUT2D eigenvalue weighted by Gasteiger charge is 2.37. The fraction of sp³-hybridized carbons (Fsp3) is 0.350. The fourth-order valence-corrected chi connectivity index (χ4v) is 5.73. The molecule has 0 aliphatic carbocycles. The van der Waals surface area contributed by atoms with E-state index in [1.54, 1.807) is 18.2 Å². The minimum Gasteiger partial charge on any atom is -0.309 e. The summed E-state index contributed by atoms with van der Waals surface area (Å²) in [7, 11) is -3.64. The highest BCUT2D eigenvalue weighted by molar-refractivity contribution is 7.89. The maximum absolute atomic E-state index is 13.0. The molecule has 2 aliphatic heterocycles. The van der Waals surface area contributed by atoms with Crippen LogP contribution in [0, 0.1) is 5.92 Å². The van der Waals surface area contributed by atoms with Gasteiger partial charge in [0.1, 0.15) is 0 Å². The molecule has 0 aromatic heterocycles. The van der Waals surface area contributed by atoms with E-state index in [0.717, 1.165) is 13.0 Å². The lowest BCUT2D eigenvalue weighted by atomic mass is 9.87. The van der Waals surface area contributed by atoms with E-state index >= 15 is 0 Å². The molecule has 0 fully saturated rings. The monoisotopic (exact) mass is 370 g/mol. The van der Waals surface area contributed by atoms with Crippen molar-refractivity contribution in [2.45, 2.75) is 24.3 Å². The van der Waals surface area contributed by atoms with Gasteiger partial charge in [-0.3, -0.25) is 4.79 Å². The third-order valence-corrected chi connectivity index (χ3v) is 7.20. The van der Waals surface area contributed by atoms with Crippen molar-refractivity contribution >= 4 is 15.8 Å². The predicted octanol–water partition coefficient (Wildman–Crippen LogP) is 2.40. The molecule has 0 saturated heterocycles. The Morgan fingerprint density at radius 1 is 1.15 bits per heavy atom. The van der Waals surface area contributed by atoms with Crippen molar-refractivity contribution in [3.8, 4) is 0 Å². The van der Waals surface area contributed by atoms with E-state index < -0.39 is 10.0 Å². The first-order valence-corrected chi connectivity index (χ1v) is 10.4. The first-order chi connectivity index (χ1) is 12.5. The molecule has 2 heterocycles. The zero-order valence-corrected chi connectivity index (χ0v) is 15.5. The Kier molecular flexibility index (Phi) is 4.42. The molecule has 0 radical (unpaired) electrons. The zero-order valence-electron chi connectivity index (χ0n) is 14.7. The van der Waals surface area contributed by atoms with Crippen molar-refractivity contribution in [3.63, 3.8) is 0 Å². The summed E-state index contributed by atoms with van der Waals surface area (Å²) in [6.07, 6.45) is 0.979. The number of benzene rings is 2. The Hall–Kier alpha value is -2.02. The van der Waals surface area contributed by atoms with Crippen LogP contribution in [-0.4, -0.2) is 38.1 Å². The van der Waals surface area contributed by atoms with Crippen molar-refractivity contribution in [2.75, 3.05) is 19.6 Å². The first-order valence-electron chi connectivity index (χ1n) is 8.92. The van der Waals surface area contributed by atoms with Crippen LogP contribution in [0.3, 0.4) is 0 Å². The van der Waals surface area contributed by atoms with E-state index in [1.807, 2.05) is 19.1 Å². The molecule has 1 N–H and O–H groups in total. The first kappa shape index (κ1) is 17.4. The van der Waals surface area contributed by atoms with Gasteiger partial charge >= 0.3 is 0 Å². The van der Waals surface area contributed by atoms with Gasteiger partial charge in [-0.2, -0.15) is 4.31 Å². The minimum absolute atomic E-state index is 0.0456. The summed E-state index contributed by atoms with van der Waals surface area (Å²) in [6.45, 7) is 3.15. The maximum atomic E-state index is 13.0. The van der Waals surface area contributed by atoms with Gasteiger partial charge in [0.2, 0.25) is 10.0 Å². The quantitative estimate of drug-likeness (QED) is 0.901. The second kappa shape index (κ2) is 6.61. The van der Waals surface area contributed by atoms with Crippen LogP contribution in [0.2, 0.25) is 0 Å². The van der Waals surface area contributed by atoms with Crippen LogP contribution in [0.1, 0.15) is 34.5 Å².